The molecule has 1 unspecified atom stereocenters. The lowest BCUT2D eigenvalue weighted by Crippen LogP contribution is -2.21. The van der Waals surface area contributed by atoms with Gasteiger partial charge in [-0.25, -0.2) is 14.6 Å². The number of rotatable bonds is 6. The number of hydrogen-bond donors (Lipinski definition) is 1. The van der Waals surface area contributed by atoms with Crippen molar-refractivity contribution in [2.24, 2.45) is 0 Å². The number of anilines is 1. The smallest absolute Gasteiger partial charge is 0.378 e. The Hall–Kier alpha value is -3.02. The Morgan fingerprint density at radius 1 is 1.24 bits per heavy atom. The van der Waals surface area contributed by atoms with Crippen LogP contribution in [-0.2, 0) is 0 Å². The Kier molecular flexibility index (Phi) is 5.82. The van der Waals surface area contributed by atoms with Gasteiger partial charge in [0.25, 0.3) is 0 Å². The molecule has 3 heterocycles. The van der Waals surface area contributed by atoms with Crippen LogP contribution in [0.3, 0.4) is 0 Å². The molecule has 3 rings (SSSR count). The molecular weight excluding hydrogens is 457 g/mol. The third kappa shape index (κ3) is 4.36. The monoisotopic (exact) mass is 470 g/mol. The Bertz CT molecular complexity index is 1020. The van der Waals surface area contributed by atoms with Gasteiger partial charge in [-0.1, -0.05) is 22.0 Å². The van der Waals surface area contributed by atoms with Crippen LogP contribution in [0, 0.1) is 10.1 Å². The number of pyridine rings is 2. The molecule has 0 saturated heterocycles. The zero-order chi connectivity index (χ0) is 21.2. The number of aromatic nitrogens is 4. The Balaban J connectivity index is 1.92. The van der Waals surface area contributed by atoms with Gasteiger partial charge in [0.2, 0.25) is 5.82 Å². The maximum Gasteiger partial charge on any atom is 0.395 e. The van der Waals surface area contributed by atoms with Gasteiger partial charge in [0.1, 0.15) is 0 Å². The minimum Gasteiger partial charge on any atom is -0.378 e. The SMILES string of the molecule is Nc1nccc(-c2cnn(-c3ccc(C(CCBr)C(F)(F)F)cn3)c2)c1[N+](=O)[O-]. The van der Waals surface area contributed by atoms with Crippen molar-refractivity contribution in [3.05, 3.63) is 58.7 Å². The summed E-state index contributed by atoms with van der Waals surface area (Å²) >= 11 is 3.04. The number of nitrogens with zero attached hydrogens (tertiary/aromatic N) is 5. The van der Waals surface area contributed by atoms with Gasteiger partial charge in [-0.2, -0.15) is 18.3 Å². The lowest BCUT2D eigenvalue weighted by atomic mass is 9.98. The highest BCUT2D eigenvalue weighted by atomic mass is 79.9. The summed E-state index contributed by atoms with van der Waals surface area (Å²) in [5.74, 6) is -1.59. The van der Waals surface area contributed by atoms with E-state index < -0.39 is 17.0 Å². The van der Waals surface area contributed by atoms with Crippen molar-refractivity contribution in [3.63, 3.8) is 0 Å². The van der Waals surface area contributed by atoms with Crippen LogP contribution in [0.25, 0.3) is 16.9 Å². The molecule has 0 saturated carbocycles. The molecule has 0 aliphatic rings. The number of alkyl halides is 4. The summed E-state index contributed by atoms with van der Waals surface area (Å²) in [6.07, 6.45) is 0.859. The van der Waals surface area contributed by atoms with Gasteiger partial charge >= 0.3 is 11.9 Å². The Morgan fingerprint density at radius 2 is 2.00 bits per heavy atom. The summed E-state index contributed by atoms with van der Waals surface area (Å²) in [6.45, 7) is 0. The van der Waals surface area contributed by atoms with Crippen molar-refractivity contribution in [1.82, 2.24) is 19.7 Å². The fourth-order valence-electron chi connectivity index (χ4n) is 2.85. The van der Waals surface area contributed by atoms with Gasteiger partial charge in [-0.15, -0.1) is 0 Å². The molecule has 3 aromatic heterocycles. The summed E-state index contributed by atoms with van der Waals surface area (Å²) < 4.78 is 40.9. The number of nitro groups is 1. The summed E-state index contributed by atoms with van der Waals surface area (Å²) in [5.41, 5.74) is 5.91. The molecule has 0 aliphatic carbocycles. The van der Waals surface area contributed by atoms with Crippen molar-refractivity contribution < 1.29 is 18.1 Å². The first kappa shape index (κ1) is 20.7. The Labute approximate surface area is 170 Å². The van der Waals surface area contributed by atoms with Crippen LogP contribution in [0.4, 0.5) is 24.7 Å². The number of hydrogen-bond acceptors (Lipinski definition) is 6. The van der Waals surface area contributed by atoms with E-state index in [1.165, 1.54) is 41.5 Å². The average molecular weight is 471 g/mol. The van der Waals surface area contributed by atoms with Crippen molar-refractivity contribution in [1.29, 1.82) is 0 Å². The highest BCUT2D eigenvalue weighted by Gasteiger charge is 2.40. The van der Waals surface area contributed by atoms with Gasteiger partial charge < -0.3 is 5.73 Å². The maximum absolute atomic E-state index is 13.2. The van der Waals surface area contributed by atoms with Gasteiger partial charge in [0.15, 0.2) is 5.82 Å². The molecule has 2 N–H and O–H groups in total. The molecule has 0 spiro atoms. The van der Waals surface area contributed by atoms with E-state index in [0.29, 0.717) is 5.56 Å². The minimum absolute atomic E-state index is 0.0469. The standard InChI is InChI=1S/C17H14BrF3N6O2/c18-5-3-13(17(19,20)21)10-1-2-14(24-7-10)26-9-11(8-25-26)12-4-6-23-16(22)15(12)27(28)29/h1-2,4,6-9,13H,3,5H2,(H2,22,23). The summed E-state index contributed by atoms with van der Waals surface area (Å²) in [4.78, 5) is 18.4. The minimum atomic E-state index is -4.38. The third-order valence-corrected chi connectivity index (χ3v) is 4.69. The first-order chi connectivity index (χ1) is 13.7. The zero-order valence-electron chi connectivity index (χ0n) is 14.7. The van der Waals surface area contributed by atoms with Gasteiger partial charge in [0.05, 0.1) is 22.6 Å². The second kappa shape index (κ2) is 8.15. The summed E-state index contributed by atoms with van der Waals surface area (Å²) in [5, 5.41) is 15.6. The second-order valence-corrected chi connectivity index (χ2v) is 6.84. The van der Waals surface area contributed by atoms with Crippen LogP contribution < -0.4 is 5.73 Å². The quantitative estimate of drug-likeness (QED) is 0.327. The van der Waals surface area contributed by atoms with Gasteiger partial charge in [0, 0.05) is 29.5 Å². The largest absolute Gasteiger partial charge is 0.395 e. The molecular formula is C17H14BrF3N6O2. The third-order valence-electron chi connectivity index (χ3n) is 4.23. The first-order valence-corrected chi connectivity index (χ1v) is 9.37. The normalized spacial score (nSPS) is 12.7. The maximum atomic E-state index is 13.2. The van der Waals surface area contributed by atoms with E-state index in [1.807, 2.05) is 0 Å². The van der Waals surface area contributed by atoms with Crippen LogP contribution in [0.15, 0.2) is 43.0 Å². The number of halogens is 4. The van der Waals surface area contributed by atoms with Gasteiger partial charge in [-0.05, 0) is 24.1 Å². The number of nitrogen functional groups attached to an aromatic ring is 1. The molecule has 8 nitrogen and oxygen atoms in total. The van der Waals surface area contributed by atoms with E-state index in [0.717, 1.165) is 6.20 Å². The lowest BCUT2D eigenvalue weighted by Gasteiger charge is -2.19. The fraction of sp³-hybridized carbons (Fsp3) is 0.235. The molecule has 3 aromatic rings. The molecule has 0 aliphatic heterocycles. The van der Waals surface area contributed by atoms with Crippen molar-refractivity contribution in [3.8, 4) is 16.9 Å². The predicted octanol–water partition coefficient (Wildman–Crippen LogP) is 4.25. The van der Waals surface area contributed by atoms with Gasteiger partial charge in [-0.3, -0.25) is 10.1 Å². The van der Waals surface area contributed by atoms with Crippen molar-refractivity contribution in [2.45, 2.75) is 18.5 Å². The molecule has 0 bridgehead atoms. The fourth-order valence-corrected chi connectivity index (χ4v) is 3.31. The highest BCUT2D eigenvalue weighted by Crippen LogP contribution is 2.38. The van der Waals surface area contributed by atoms with E-state index in [4.69, 9.17) is 5.73 Å². The summed E-state index contributed by atoms with van der Waals surface area (Å²) in [6, 6.07) is 4.19. The topological polar surface area (TPSA) is 113 Å². The first-order valence-electron chi connectivity index (χ1n) is 8.25. The molecule has 1 atom stereocenters. The van der Waals surface area contributed by atoms with E-state index in [1.54, 1.807) is 0 Å². The lowest BCUT2D eigenvalue weighted by molar-refractivity contribution is -0.383. The molecule has 29 heavy (non-hydrogen) atoms. The van der Waals surface area contributed by atoms with E-state index in [2.05, 4.69) is 31.0 Å². The van der Waals surface area contributed by atoms with Crippen LogP contribution >= 0.6 is 15.9 Å². The van der Waals surface area contributed by atoms with Crippen LogP contribution in [-0.4, -0.2) is 36.2 Å². The summed E-state index contributed by atoms with van der Waals surface area (Å²) in [7, 11) is 0. The average Bonchev–Trinajstić information content (AvgIpc) is 3.15. The predicted molar refractivity (Wildman–Crippen MR) is 103 cm³/mol. The van der Waals surface area contributed by atoms with E-state index in [-0.39, 0.29) is 40.2 Å². The number of nitrogens with two attached hydrogens (primary N) is 1. The second-order valence-electron chi connectivity index (χ2n) is 6.04. The highest BCUT2D eigenvalue weighted by molar-refractivity contribution is 9.09. The van der Waals surface area contributed by atoms with Crippen molar-refractivity contribution >= 4 is 27.4 Å². The molecule has 0 aromatic carbocycles. The molecule has 0 amide bonds. The van der Waals surface area contributed by atoms with E-state index >= 15 is 0 Å². The molecule has 0 radical (unpaired) electrons. The van der Waals surface area contributed by atoms with E-state index in [9.17, 15) is 23.3 Å². The van der Waals surface area contributed by atoms with Crippen LogP contribution in [0.5, 0.6) is 0 Å². The molecule has 12 heteroatoms. The Morgan fingerprint density at radius 3 is 2.59 bits per heavy atom. The molecule has 0 fully saturated rings. The van der Waals surface area contributed by atoms with Crippen LogP contribution in [0.2, 0.25) is 0 Å². The van der Waals surface area contributed by atoms with Crippen LogP contribution in [0.1, 0.15) is 17.9 Å². The zero-order valence-corrected chi connectivity index (χ0v) is 16.3. The molecule has 152 valence electrons. The van der Waals surface area contributed by atoms with Crippen molar-refractivity contribution in [2.75, 3.05) is 11.1 Å².